The maximum atomic E-state index is 12.9. The van der Waals surface area contributed by atoms with Crippen molar-refractivity contribution in [1.29, 1.82) is 5.26 Å². The largest absolute Gasteiger partial charge is 0.493 e. The van der Waals surface area contributed by atoms with E-state index in [0.717, 1.165) is 17.5 Å². The summed E-state index contributed by atoms with van der Waals surface area (Å²) in [5, 5.41) is 21.7. The molecule has 2 unspecified atom stereocenters. The van der Waals surface area contributed by atoms with Crippen molar-refractivity contribution >= 4 is 17.9 Å². The van der Waals surface area contributed by atoms with E-state index in [1.807, 2.05) is 18.2 Å². The molecule has 0 spiro atoms. The van der Waals surface area contributed by atoms with E-state index < -0.39 is 0 Å². The minimum atomic E-state index is -0.348. The number of carbonyl (C=O) groups excluding carboxylic acids is 2. The van der Waals surface area contributed by atoms with Gasteiger partial charge in [0.05, 0.1) is 32.9 Å². The van der Waals surface area contributed by atoms with E-state index in [-0.39, 0.29) is 43.5 Å². The first-order valence-electron chi connectivity index (χ1n) is 10.8. The molecule has 1 aromatic carbocycles. The fourth-order valence-electron chi connectivity index (χ4n) is 4.25. The molecule has 0 bridgehead atoms. The molecule has 0 radical (unpaired) electrons. The molecule has 1 aromatic rings. The van der Waals surface area contributed by atoms with Crippen LogP contribution >= 0.6 is 0 Å². The van der Waals surface area contributed by atoms with Crippen molar-refractivity contribution in [2.75, 3.05) is 40.5 Å². The second-order valence-corrected chi connectivity index (χ2v) is 7.78. The number of aliphatic hydroxyl groups is 1. The number of rotatable bonds is 9. The fraction of sp³-hybridized carbons (Fsp3) is 0.522. The molecule has 0 aromatic heterocycles. The summed E-state index contributed by atoms with van der Waals surface area (Å²) in [5.74, 6) is 0.933. The highest BCUT2D eigenvalue weighted by Crippen LogP contribution is 2.39. The second kappa shape index (κ2) is 11.0. The molecule has 0 aliphatic carbocycles. The molecule has 1 fully saturated rings. The first kappa shape index (κ1) is 23.6. The number of nitrogens with zero attached hydrogens (tertiary/aromatic N) is 3. The van der Waals surface area contributed by atoms with Gasteiger partial charge in [-0.1, -0.05) is 0 Å². The van der Waals surface area contributed by atoms with Gasteiger partial charge in [0.15, 0.2) is 11.5 Å². The molecule has 9 heteroatoms. The summed E-state index contributed by atoms with van der Waals surface area (Å²) < 4.78 is 10.8. The van der Waals surface area contributed by atoms with Crippen molar-refractivity contribution in [3.8, 4) is 17.6 Å². The van der Waals surface area contributed by atoms with Gasteiger partial charge in [0.1, 0.15) is 6.04 Å². The molecule has 1 saturated heterocycles. The van der Waals surface area contributed by atoms with Crippen LogP contribution in [0.1, 0.15) is 42.9 Å². The van der Waals surface area contributed by atoms with Crippen LogP contribution in [-0.2, 0) is 9.59 Å². The summed E-state index contributed by atoms with van der Waals surface area (Å²) >= 11 is 0. The maximum Gasteiger partial charge on any atom is 0.237 e. The molecule has 32 heavy (non-hydrogen) atoms. The van der Waals surface area contributed by atoms with Crippen molar-refractivity contribution in [3.63, 3.8) is 0 Å². The Hall–Kier alpha value is -3.09. The number of nitriles is 1. The first-order chi connectivity index (χ1) is 15.5. The van der Waals surface area contributed by atoms with E-state index in [0.29, 0.717) is 37.4 Å². The summed E-state index contributed by atoms with van der Waals surface area (Å²) in [5.41, 5.74) is 1.79. The third-order valence-electron chi connectivity index (χ3n) is 5.90. The second-order valence-electron chi connectivity index (χ2n) is 7.78. The van der Waals surface area contributed by atoms with Gasteiger partial charge in [-0.3, -0.25) is 9.59 Å². The lowest BCUT2D eigenvalue weighted by molar-refractivity contribution is -0.132. The fourth-order valence-corrected chi connectivity index (χ4v) is 4.25. The van der Waals surface area contributed by atoms with Gasteiger partial charge in [-0.15, -0.1) is 0 Å². The summed E-state index contributed by atoms with van der Waals surface area (Å²) in [6.45, 7) is 0.970. The highest BCUT2D eigenvalue weighted by atomic mass is 16.5. The third kappa shape index (κ3) is 5.03. The average molecular weight is 443 g/mol. The Balaban J connectivity index is 1.60. The van der Waals surface area contributed by atoms with Crippen LogP contribution in [0, 0.1) is 11.3 Å². The quantitative estimate of drug-likeness (QED) is 0.556. The number of fused-ring (bicyclic) bond motifs is 1. The lowest BCUT2D eigenvalue weighted by Crippen LogP contribution is -2.41. The molecule has 2 heterocycles. The average Bonchev–Trinajstić information content (AvgIpc) is 3.30. The minimum Gasteiger partial charge on any atom is -0.493 e. The topological polar surface area (TPSA) is 115 Å². The summed E-state index contributed by atoms with van der Waals surface area (Å²) in [6, 6.07) is 5.19. The van der Waals surface area contributed by atoms with Crippen molar-refractivity contribution in [3.05, 3.63) is 29.5 Å². The van der Waals surface area contributed by atoms with E-state index in [9.17, 15) is 14.7 Å². The monoisotopic (exact) mass is 442 g/mol. The Labute approximate surface area is 188 Å². The normalized spacial score (nSPS) is 19.4. The number of carbonyl (C=O) groups is 2. The smallest absolute Gasteiger partial charge is 0.237 e. The lowest BCUT2D eigenvalue weighted by Gasteiger charge is -2.33. The summed E-state index contributed by atoms with van der Waals surface area (Å²) in [4.78, 5) is 28.5. The van der Waals surface area contributed by atoms with E-state index in [4.69, 9.17) is 14.7 Å². The Bertz CT molecular complexity index is 910. The van der Waals surface area contributed by atoms with Gasteiger partial charge in [-0.25, -0.2) is 0 Å². The predicted molar refractivity (Wildman–Crippen MR) is 118 cm³/mol. The standard InChI is InChI=1S/C23H30N4O5/c1-31-20-12-16-6-10-27(19(7-11-28)18(16)13-21(20)32-2)22(29)5-8-25-15-23(30)26-9-3-4-17(26)14-24/h6,10,12-13,17,19,25,28H,3-5,7-9,11,15H2,1-2H3. The molecular formula is C23H30N4O5. The van der Waals surface area contributed by atoms with Crippen molar-refractivity contribution in [2.45, 2.75) is 37.8 Å². The molecule has 3 rings (SSSR count). The zero-order valence-electron chi connectivity index (χ0n) is 18.5. The molecule has 2 aliphatic rings. The number of aliphatic hydroxyl groups excluding tert-OH is 1. The number of nitrogens with one attached hydrogen (secondary N) is 1. The number of methoxy groups -OCH3 is 2. The van der Waals surface area contributed by atoms with Crippen LogP contribution < -0.4 is 14.8 Å². The number of ether oxygens (including phenoxy) is 2. The zero-order valence-corrected chi connectivity index (χ0v) is 18.5. The lowest BCUT2D eigenvalue weighted by atomic mass is 9.93. The molecule has 2 atom stereocenters. The molecule has 2 amide bonds. The number of hydrogen-bond donors (Lipinski definition) is 2. The van der Waals surface area contributed by atoms with Gasteiger partial charge in [0.25, 0.3) is 0 Å². The number of hydrogen-bond acceptors (Lipinski definition) is 7. The van der Waals surface area contributed by atoms with Gasteiger partial charge < -0.3 is 29.7 Å². The maximum absolute atomic E-state index is 12.9. The van der Waals surface area contributed by atoms with E-state index in [2.05, 4.69) is 11.4 Å². The molecule has 2 aliphatic heterocycles. The predicted octanol–water partition coefficient (Wildman–Crippen LogP) is 1.43. The van der Waals surface area contributed by atoms with Gasteiger partial charge in [-0.2, -0.15) is 5.26 Å². The van der Waals surface area contributed by atoms with Crippen molar-refractivity contribution < 1.29 is 24.2 Å². The van der Waals surface area contributed by atoms with Gasteiger partial charge >= 0.3 is 0 Å². The summed E-state index contributed by atoms with van der Waals surface area (Å²) in [6.07, 6.45) is 5.71. The SMILES string of the molecule is COc1cc2c(cc1OC)C(CCO)N(C(=O)CCNCC(=O)N1CCCC1C#N)C=C2. The number of benzene rings is 1. The minimum absolute atomic E-state index is 0.0707. The molecule has 2 N–H and O–H groups in total. The van der Waals surface area contributed by atoms with Crippen LogP contribution in [0.3, 0.4) is 0 Å². The van der Waals surface area contributed by atoms with Gasteiger partial charge in [0, 0.05) is 32.3 Å². The van der Waals surface area contributed by atoms with Crippen molar-refractivity contribution in [2.24, 2.45) is 0 Å². The molecule has 9 nitrogen and oxygen atoms in total. The highest BCUT2D eigenvalue weighted by molar-refractivity contribution is 5.81. The first-order valence-corrected chi connectivity index (χ1v) is 10.8. The van der Waals surface area contributed by atoms with Crippen LogP contribution in [0.2, 0.25) is 0 Å². The Morgan fingerprint density at radius 1 is 1.25 bits per heavy atom. The highest BCUT2D eigenvalue weighted by Gasteiger charge is 2.30. The molecule has 0 saturated carbocycles. The van der Waals surface area contributed by atoms with Crippen molar-refractivity contribution in [1.82, 2.24) is 15.1 Å². The van der Waals surface area contributed by atoms with Crippen LogP contribution in [0.4, 0.5) is 0 Å². The zero-order chi connectivity index (χ0) is 23.1. The number of amides is 2. The summed E-state index contributed by atoms with van der Waals surface area (Å²) in [7, 11) is 3.13. The molecule has 172 valence electrons. The van der Waals surface area contributed by atoms with E-state index in [1.165, 1.54) is 0 Å². The van der Waals surface area contributed by atoms with Crippen LogP contribution in [0.5, 0.6) is 11.5 Å². The van der Waals surface area contributed by atoms with Gasteiger partial charge in [-0.05, 0) is 48.6 Å². The Kier molecular flexibility index (Phi) is 8.09. The van der Waals surface area contributed by atoms with Crippen LogP contribution in [-0.4, -0.2) is 73.2 Å². The Morgan fingerprint density at radius 2 is 2.00 bits per heavy atom. The van der Waals surface area contributed by atoms with Crippen LogP contribution in [0.25, 0.3) is 6.08 Å². The Morgan fingerprint density at radius 3 is 2.69 bits per heavy atom. The van der Waals surface area contributed by atoms with Gasteiger partial charge in [0.2, 0.25) is 11.8 Å². The van der Waals surface area contributed by atoms with E-state index >= 15 is 0 Å². The van der Waals surface area contributed by atoms with E-state index in [1.54, 1.807) is 30.2 Å². The third-order valence-corrected chi connectivity index (χ3v) is 5.90. The molecular weight excluding hydrogens is 412 g/mol. The van der Waals surface area contributed by atoms with Crippen LogP contribution in [0.15, 0.2) is 18.3 Å². The number of likely N-dealkylation sites (tertiary alicyclic amines) is 1.